The Hall–Kier alpha value is -2.59. The van der Waals surface area contributed by atoms with Crippen LogP contribution in [0.15, 0.2) is 53.4 Å². The third kappa shape index (κ3) is 3.86. The molecule has 1 amide bonds. The first-order valence-electron chi connectivity index (χ1n) is 10.3. The van der Waals surface area contributed by atoms with Crippen molar-refractivity contribution in [1.29, 1.82) is 0 Å². The van der Waals surface area contributed by atoms with Crippen LogP contribution in [0.25, 0.3) is 10.4 Å². The molecule has 2 heterocycles. The van der Waals surface area contributed by atoms with Crippen molar-refractivity contribution in [3.63, 3.8) is 0 Å². The summed E-state index contributed by atoms with van der Waals surface area (Å²) in [5.74, 6) is -1.19. The summed E-state index contributed by atoms with van der Waals surface area (Å²) in [6, 6.07) is 13.7. The molecule has 1 saturated heterocycles. The molecule has 1 fully saturated rings. The van der Waals surface area contributed by atoms with Crippen LogP contribution in [-0.2, 0) is 27.6 Å². The SMILES string of the molecule is O=C(Nc1ccc(F)c(S(=O)(=O)N2CCOCC2)c1)c1cc2c(s1)-c1ccccc1CC2. The Morgan fingerprint density at radius 3 is 2.59 bits per heavy atom. The Morgan fingerprint density at radius 2 is 1.78 bits per heavy atom. The van der Waals surface area contributed by atoms with Crippen molar-refractivity contribution in [3.8, 4) is 10.4 Å². The van der Waals surface area contributed by atoms with Crippen LogP contribution < -0.4 is 5.32 Å². The largest absolute Gasteiger partial charge is 0.379 e. The third-order valence-corrected chi connectivity index (χ3v) is 8.86. The van der Waals surface area contributed by atoms with Gasteiger partial charge < -0.3 is 10.1 Å². The molecule has 1 aliphatic heterocycles. The predicted molar refractivity (Wildman–Crippen MR) is 121 cm³/mol. The zero-order chi connectivity index (χ0) is 22.3. The number of carbonyl (C=O) groups is 1. The van der Waals surface area contributed by atoms with Gasteiger partial charge in [-0.15, -0.1) is 11.3 Å². The number of hydrogen-bond acceptors (Lipinski definition) is 5. The molecule has 2 aliphatic rings. The van der Waals surface area contributed by atoms with E-state index >= 15 is 0 Å². The number of benzene rings is 2. The molecule has 0 radical (unpaired) electrons. The number of nitrogens with one attached hydrogen (secondary N) is 1. The van der Waals surface area contributed by atoms with Gasteiger partial charge in [0.25, 0.3) is 5.91 Å². The number of fused-ring (bicyclic) bond motifs is 3. The van der Waals surface area contributed by atoms with Gasteiger partial charge in [-0.1, -0.05) is 24.3 Å². The molecular formula is C23H21FN2O4S2. The molecule has 1 aromatic heterocycles. The van der Waals surface area contributed by atoms with Crippen molar-refractivity contribution < 1.29 is 22.3 Å². The summed E-state index contributed by atoms with van der Waals surface area (Å²) < 4.78 is 46.6. The zero-order valence-electron chi connectivity index (χ0n) is 17.1. The van der Waals surface area contributed by atoms with Crippen LogP contribution in [0.5, 0.6) is 0 Å². The minimum atomic E-state index is -4.02. The first-order chi connectivity index (χ1) is 15.4. The van der Waals surface area contributed by atoms with Crippen molar-refractivity contribution in [2.75, 3.05) is 31.6 Å². The molecule has 3 aromatic rings. The second-order valence-corrected chi connectivity index (χ2v) is 10.7. The highest BCUT2D eigenvalue weighted by Crippen LogP contribution is 2.39. The molecule has 32 heavy (non-hydrogen) atoms. The van der Waals surface area contributed by atoms with Crippen LogP contribution in [0.4, 0.5) is 10.1 Å². The topological polar surface area (TPSA) is 75.7 Å². The van der Waals surface area contributed by atoms with Crippen molar-refractivity contribution in [1.82, 2.24) is 4.31 Å². The molecule has 1 N–H and O–H groups in total. The van der Waals surface area contributed by atoms with Gasteiger partial charge in [-0.05, 0) is 53.8 Å². The maximum absolute atomic E-state index is 14.4. The van der Waals surface area contributed by atoms with E-state index in [1.165, 1.54) is 33.3 Å². The molecule has 0 saturated carbocycles. The lowest BCUT2D eigenvalue weighted by Crippen LogP contribution is -2.40. The molecule has 6 nitrogen and oxygen atoms in total. The molecule has 2 aromatic carbocycles. The number of ether oxygens (including phenoxy) is 1. The minimum absolute atomic E-state index is 0.167. The Morgan fingerprint density at radius 1 is 1.03 bits per heavy atom. The van der Waals surface area contributed by atoms with Gasteiger partial charge in [0.05, 0.1) is 18.1 Å². The molecule has 0 unspecified atom stereocenters. The molecule has 0 bridgehead atoms. The monoisotopic (exact) mass is 472 g/mol. The summed E-state index contributed by atoms with van der Waals surface area (Å²) in [5.41, 5.74) is 3.78. The number of rotatable bonds is 4. The number of hydrogen-bond donors (Lipinski definition) is 1. The number of amides is 1. The van der Waals surface area contributed by atoms with Gasteiger partial charge >= 0.3 is 0 Å². The van der Waals surface area contributed by atoms with Crippen LogP contribution in [0.2, 0.25) is 0 Å². The average molecular weight is 473 g/mol. The van der Waals surface area contributed by atoms with E-state index in [2.05, 4.69) is 17.4 Å². The lowest BCUT2D eigenvalue weighted by atomic mass is 9.91. The highest BCUT2D eigenvalue weighted by molar-refractivity contribution is 7.89. The quantitative estimate of drug-likeness (QED) is 0.625. The van der Waals surface area contributed by atoms with Crippen LogP contribution in [-0.4, -0.2) is 44.9 Å². The summed E-state index contributed by atoms with van der Waals surface area (Å²) in [6.07, 6.45) is 1.80. The normalized spacial score (nSPS) is 16.3. The van der Waals surface area contributed by atoms with E-state index in [0.29, 0.717) is 4.88 Å². The number of nitrogens with zero attached hydrogens (tertiary/aromatic N) is 1. The maximum atomic E-state index is 14.4. The second-order valence-electron chi connectivity index (χ2n) is 7.74. The van der Waals surface area contributed by atoms with Gasteiger partial charge in [-0.3, -0.25) is 4.79 Å². The predicted octanol–water partition coefficient (Wildman–Crippen LogP) is 3.93. The van der Waals surface area contributed by atoms with Crippen molar-refractivity contribution in [2.24, 2.45) is 0 Å². The molecule has 0 spiro atoms. The lowest BCUT2D eigenvalue weighted by molar-refractivity contribution is 0.0729. The number of halogens is 1. The fourth-order valence-electron chi connectivity index (χ4n) is 4.08. The van der Waals surface area contributed by atoms with Gasteiger partial charge in [0, 0.05) is 23.7 Å². The molecule has 9 heteroatoms. The fraction of sp³-hybridized carbons (Fsp3) is 0.261. The van der Waals surface area contributed by atoms with Gasteiger partial charge in [-0.25, -0.2) is 12.8 Å². The van der Waals surface area contributed by atoms with Crippen molar-refractivity contribution >= 4 is 33.0 Å². The smallest absolute Gasteiger partial charge is 0.265 e. The van der Waals surface area contributed by atoms with E-state index in [0.717, 1.165) is 34.9 Å². The summed E-state index contributed by atoms with van der Waals surface area (Å²) in [5, 5.41) is 2.73. The Labute approximate surface area is 189 Å². The number of morpholine rings is 1. The summed E-state index contributed by atoms with van der Waals surface area (Å²) in [7, 11) is -4.02. The van der Waals surface area contributed by atoms with Gasteiger partial charge in [0.2, 0.25) is 10.0 Å². The standard InChI is InChI=1S/C23H21FN2O4S2/c24-19-8-7-17(14-21(19)32(28,29)26-9-11-30-12-10-26)25-23(27)20-13-16-6-5-15-3-1-2-4-18(15)22(16)31-20/h1-4,7-8,13-14H,5-6,9-12H2,(H,25,27). The summed E-state index contributed by atoms with van der Waals surface area (Å²) in [6.45, 7) is 0.869. The van der Waals surface area contributed by atoms with Gasteiger partial charge in [-0.2, -0.15) is 4.31 Å². The Balaban J connectivity index is 1.40. The summed E-state index contributed by atoms with van der Waals surface area (Å²) in [4.78, 5) is 14.1. The van der Waals surface area contributed by atoms with Crippen LogP contribution in [0.3, 0.4) is 0 Å². The number of anilines is 1. The average Bonchev–Trinajstić information content (AvgIpc) is 3.26. The molecule has 0 atom stereocenters. The van der Waals surface area contributed by atoms with Gasteiger partial charge in [0.1, 0.15) is 10.7 Å². The van der Waals surface area contributed by atoms with E-state index in [4.69, 9.17) is 4.74 Å². The number of thiophene rings is 1. The van der Waals surface area contributed by atoms with E-state index in [9.17, 15) is 17.6 Å². The Kier molecular flexibility index (Phi) is 5.58. The highest BCUT2D eigenvalue weighted by atomic mass is 32.2. The molecule has 1 aliphatic carbocycles. The highest BCUT2D eigenvalue weighted by Gasteiger charge is 2.29. The van der Waals surface area contributed by atoms with Gasteiger partial charge in [0.15, 0.2) is 0 Å². The van der Waals surface area contributed by atoms with Crippen LogP contribution in [0.1, 0.15) is 20.8 Å². The maximum Gasteiger partial charge on any atom is 0.265 e. The number of aryl methyl sites for hydroxylation is 2. The lowest BCUT2D eigenvalue weighted by Gasteiger charge is -2.26. The van der Waals surface area contributed by atoms with Crippen molar-refractivity contribution in [2.45, 2.75) is 17.7 Å². The first kappa shape index (κ1) is 21.3. The first-order valence-corrected chi connectivity index (χ1v) is 12.6. The van der Waals surface area contributed by atoms with Crippen LogP contribution >= 0.6 is 11.3 Å². The third-order valence-electron chi connectivity index (χ3n) is 5.74. The van der Waals surface area contributed by atoms with E-state index < -0.39 is 20.7 Å². The Bertz CT molecular complexity index is 1300. The molecular weight excluding hydrogens is 451 g/mol. The van der Waals surface area contributed by atoms with E-state index in [1.54, 1.807) is 0 Å². The number of sulfonamides is 1. The molecule has 166 valence electrons. The second kappa shape index (κ2) is 8.40. The molecule has 5 rings (SSSR count). The summed E-state index contributed by atoms with van der Waals surface area (Å²) >= 11 is 1.41. The minimum Gasteiger partial charge on any atom is -0.379 e. The fourth-order valence-corrected chi connectivity index (χ4v) is 6.75. The zero-order valence-corrected chi connectivity index (χ0v) is 18.8. The van der Waals surface area contributed by atoms with Crippen LogP contribution in [0, 0.1) is 5.82 Å². The van der Waals surface area contributed by atoms with E-state index in [-0.39, 0.29) is 37.9 Å². The van der Waals surface area contributed by atoms with Crippen molar-refractivity contribution in [3.05, 3.63) is 70.4 Å². The van der Waals surface area contributed by atoms with E-state index in [1.807, 2.05) is 18.2 Å². The number of carbonyl (C=O) groups excluding carboxylic acids is 1.